The molecule has 0 spiro atoms. The molecular formula is C12H17BrN2. The van der Waals surface area contributed by atoms with Crippen molar-refractivity contribution in [3.8, 4) is 0 Å². The minimum Gasteiger partial charge on any atom is -0.397 e. The van der Waals surface area contributed by atoms with Crippen LogP contribution in [-0.4, -0.2) is 13.1 Å². The molecule has 0 atom stereocenters. The van der Waals surface area contributed by atoms with Crippen molar-refractivity contribution in [1.82, 2.24) is 0 Å². The van der Waals surface area contributed by atoms with Crippen LogP contribution < -0.4 is 10.6 Å². The number of nitrogens with zero attached hydrogens (tertiary/aromatic N) is 1. The summed E-state index contributed by atoms with van der Waals surface area (Å²) >= 11 is 3.43. The van der Waals surface area contributed by atoms with E-state index in [-0.39, 0.29) is 0 Å². The standard InChI is InChI=1S/C12H17BrN2/c1-12(2)5-6-15(8-12)11-4-3-9(13)7-10(11)14/h3-4,7H,5-6,8,14H2,1-2H3. The van der Waals surface area contributed by atoms with Crippen molar-refractivity contribution in [3.63, 3.8) is 0 Å². The van der Waals surface area contributed by atoms with Gasteiger partial charge in [0.15, 0.2) is 0 Å². The summed E-state index contributed by atoms with van der Waals surface area (Å²) in [6, 6.07) is 6.12. The molecule has 0 aliphatic carbocycles. The largest absolute Gasteiger partial charge is 0.397 e. The number of hydrogen-bond acceptors (Lipinski definition) is 2. The van der Waals surface area contributed by atoms with Crippen LogP contribution in [0.2, 0.25) is 0 Å². The highest BCUT2D eigenvalue weighted by Crippen LogP contribution is 2.35. The minimum atomic E-state index is 0.416. The van der Waals surface area contributed by atoms with Crippen LogP contribution in [0.15, 0.2) is 22.7 Å². The smallest absolute Gasteiger partial charge is 0.0600 e. The molecule has 2 rings (SSSR count). The lowest BCUT2D eigenvalue weighted by Crippen LogP contribution is -2.23. The summed E-state index contributed by atoms with van der Waals surface area (Å²) in [5.74, 6) is 0. The predicted octanol–water partition coefficient (Wildman–Crippen LogP) is 3.27. The fourth-order valence-electron chi connectivity index (χ4n) is 2.13. The molecule has 0 unspecified atom stereocenters. The Morgan fingerprint density at radius 3 is 2.67 bits per heavy atom. The summed E-state index contributed by atoms with van der Waals surface area (Å²) in [4.78, 5) is 2.38. The average molecular weight is 269 g/mol. The van der Waals surface area contributed by atoms with Crippen LogP contribution in [0.25, 0.3) is 0 Å². The highest BCUT2D eigenvalue weighted by molar-refractivity contribution is 9.10. The van der Waals surface area contributed by atoms with Gasteiger partial charge in [0.25, 0.3) is 0 Å². The number of rotatable bonds is 1. The topological polar surface area (TPSA) is 29.3 Å². The molecule has 0 bridgehead atoms. The Morgan fingerprint density at radius 2 is 2.13 bits per heavy atom. The number of nitrogens with two attached hydrogens (primary N) is 1. The summed E-state index contributed by atoms with van der Waals surface area (Å²) < 4.78 is 1.04. The van der Waals surface area contributed by atoms with Gasteiger partial charge in [-0.25, -0.2) is 0 Å². The third-order valence-corrected chi connectivity index (χ3v) is 3.50. The third kappa shape index (κ3) is 2.28. The van der Waals surface area contributed by atoms with Gasteiger partial charge in [0.2, 0.25) is 0 Å². The van der Waals surface area contributed by atoms with Crippen molar-refractivity contribution in [2.75, 3.05) is 23.7 Å². The maximum atomic E-state index is 6.02. The van der Waals surface area contributed by atoms with Crippen LogP contribution in [0.4, 0.5) is 11.4 Å². The lowest BCUT2D eigenvalue weighted by atomic mass is 9.93. The van der Waals surface area contributed by atoms with E-state index in [1.165, 1.54) is 12.1 Å². The van der Waals surface area contributed by atoms with Gasteiger partial charge in [0, 0.05) is 17.6 Å². The summed E-state index contributed by atoms with van der Waals surface area (Å²) in [5, 5.41) is 0. The van der Waals surface area contributed by atoms with Gasteiger partial charge in [-0.15, -0.1) is 0 Å². The Balaban J connectivity index is 2.24. The maximum Gasteiger partial charge on any atom is 0.0600 e. The fraction of sp³-hybridized carbons (Fsp3) is 0.500. The van der Waals surface area contributed by atoms with Crippen LogP contribution >= 0.6 is 15.9 Å². The van der Waals surface area contributed by atoms with E-state index < -0.39 is 0 Å². The maximum absolute atomic E-state index is 6.02. The first-order valence-electron chi connectivity index (χ1n) is 5.28. The summed E-state index contributed by atoms with van der Waals surface area (Å²) in [6.07, 6.45) is 1.24. The zero-order valence-electron chi connectivity index (χ0n) is 9.26. The zero-order valence-corrected chi connectivity index (χ0v) is 10.8. The Labute approximate surface area is 99.6 Å². The van der Waals surface area contributed by atoms with E-state index in [1.54, 1.807) is 0 Å². The van der Waals surface area contributed by atoms with Crippen molar-refractivity contribution in [3.05, 3.63) is 22.7 Å². The molecule has 0 saturated carbocycles. The second-order valence-electron chi connectivity index (χ2n) is 5.04. The van der Waals surface area contributed by atoms with E-state index in [0.717, 1.165) is 23.2 Å². The Kier molecular flexibility index (Phi) is 2.67. The molecule has 2 nitrogen and oxygen atoms in total. The van der Waals surface area contributed by atoms with E-state index in [9.17, 15) is 0 Å². The molecule has 82 valence electrons. The minimum absolute atomic E-state index is 0.416. The first kappa shape index (κ1) is 10.8. The molecule has 1 heterocycles. The van der Waals surface area contributed by atoms with Crippen LogP contribution in [-0.2, 0) is 0 Å². The van der Waals surface area contributed by atoms with Crippen LogP contribution in [0, 0.1) is 5.41 Å². The first-order chi connectivity index (χ1) is 6.98. The van der Waals surface area contributed by atoms with Gasteiger partial charge >= 0.3 is 0 Å². The van der Waals surface area contributed by atoms with Crippen molar-refractivity contribution >= 4 is 27.3 Å². The normalized spacial score (nSPS) is 19.5. The highest BCUT2D eigenvalue weighted by Gasteiger charge is 2.29. The van der Waals surface area contributed by atoms with Crippen molar-refractivity contribution in [2.24, 2.45) is 5.41 Å². The quantitative estimate of drug-likeness (QED) is 0.793. The monoisotopic (exact) mass is 268 g/mol. The van der Waals surface area contributed by atoms with Gasteiger partial charge in [-0.2, -0.15) is 0 Å². The molecular weight excluding hydrogens is 252 g/mol. The molecule has 1 aliphatic heterocycles. The second kappa shape index (κ2) is 3.71. The molecule has 3 heteroatoms. The number of hydrogen-bond donors (Lipinski definition) is 1. The second-order valence-corrected chi connectivity index (χ2v) is 5.95. The molecule has 1 aromatic carbocycles. The third-order valence-electron chi connectivity index (χ3n) is 3.01. The van der Waals surface area contributed by atoms with Crippen molar-refractivity contribution in [2.45, 2.75) is 20.3 Å². The number of anilines is 2. The summed E-state index contributed by atoms with van der Waals surface area (Å²) in [7, 11) is 0. The Morgan fingerprint density at radius 1 is 1.40 bits per heavy atom. The van der Waals surface area contributed by atoms with Gasteiger partial charge in [-0.05, 0) is 30.0 Å². The molecule has 1 aromatic rings. The molecule has 1 fully saturated rings. The van der Waals surface area contributed by atoms with E-state index in [0.29, 0.717) is 5.41 Å². The van der Waals surface area contributed by atoms with Gasteiger partial charge < -0.3 is 10.6 Å². The van der Waals surface area contributed by atoms with Crippen LogP contribution in [0.5, 0.6) is 0 Å². The van der Waals surface area contributed by atoms with Gasteiger partial charge in [-0.1, -0.05) is 29.8 Å². The molecule has 0 radical (unpaired) electrons. The van der Waals surface area contributed by atoms with Gasteiger partial charge in [-0.3, -0.25) is 0 Å². The molecule has 15 heavy (non-hydrogen) atoms. The molecule has 2 N–H and O–H groups in total. The summed E-state index contributed by atoms with van der Waals surface area (Å²) in [6.45, 7) is 6.82. The molecule has 0 amide bonds. The van der Waals surface area contributed by atoms with E-state index in [1.807, 2.05) is 6.07 Å². The first-order valence-corrected chi connectivity index (χ1v) is 6.07. The number of nitrogen functional groups attached to an aromatic ring is 1. The van der Waals surface area contributed by atoms with Gasteiger partial charge in [0.05, 0.1) is 11.4 Å². The fourth-order valence-corrected chi connectivity index (χ4v) is 2.51. The Bertz CT molecular complexity index is 374. The lowest BCUT2D eigenvalue weighted by Gasteiger charge is -2.23. The van der Waals surface area contributed by atoms with E-state index >= 15 is 0 Å². The van der Waals surface area contributed by atoms with Crippen LogP contribution in [0.3, 0.4) is 0 Å². The number of halogens is 1. The predicted molar refractivity (Wildman–Crippen MR) is 69.2 cm³/mol. The summed E-state index contributed by atoms with van der Waals surface area (Å²) in [5.41, 5.74) is 8.47. The Hall–Kier alpha value is -0.700. The molecule has 0 aromatic heterocycles. The molecule has 1 saturated heterocycles. The van der Waals surface area contributed by atoms with E-state index in [4.69, 9.17) is 5.73 Å². The zero-order chi connectivity index (χ0) is 11.1. The van der Waals surface area contributed by atoms with E-state index in [2.05, 4.69) is 46.8 Å². The average Bonchev–Trinajstić information content (AvgIpc) is 2.46. The van der Waals surface area contributed by atoms with Crippen molar-refractivity contribution in [1.29, 1.82) is 0 Å². The van der Waals surface area contributed by atoms with Gasteiger partial charge in [0.1, 0.15) is 0 Å². The lowest BCUT2D eigenvalue weighted by molar-refractivity contribution is 0.418. The highest BCUT2D eigenvalue weighted by atomic mass is 79.9. The van der Waals surface area contributed by atoms with Crippen molar-refractivity contribution < 1.29 is 0 Å². The molecule has 1 aliphatic rings. The SMILES string of the molecule is CC1(C)CCN(c2ccc(Br)cc2N)C1. The van der Waals surface area contributed by atoms with Crippen LogP contribution in [0.1, 0.15) is 20.3 Å². The number of benzene rings is 1.